The average molecular weight is 350 g/mol. The van der Waals surface area contributed by atoms with Crippen molar-refractivity contribution in [3.63, 3.8) is 0 Å². The molecule has 0 unspecified atom stereocenters. The summed E-state index contributed by atoms with van der Waals surface area (Å²) in [4.78, 5) is 41.2. The molecule has 0 aromatic rings. The maximum atomic E-state index is 11.3. The lowest BCUT2D eigenvalue weighted by Gasteiger charge is -2.15. The molecule has 8 heteroatoms. The Bertz CT molecular complexity index is 331. The average Bonchev–Trinajstić information content (AvgIpc) is 2.39. The second kappa shape index (κ2) is 11.4. The highest BCUT2D eigenvalue weighted by atomic mass is 17.5. The molecule has 0 aliphatic rings. The van der Waals surface area contributed by atoms with Crippen molar-refractivity contribution in [2.24, 2.45) is 0 Å². The Labute approximate surface area is 143 Å². The topological polar surface area (TPSA) is 89.5 Å². The molecule has 0 aliphatic heterocycles. The third-order valence-corrected chi connectivity index (χ3v) is 2.33. The molecule has 0 radical (unpaired) electrons. The Hall–Kier alpha value is -1.22. The molecule has 0 spiro atoms. The van der Waals surface area contributed by atoms with Crippen molar-refractivity contribution < 1.29 is 39.2 Å². The lowest BCUT2D eigenvalue weighted by atomic mass is 10.1. The molecule has 24 heavy (non-hydrogen) atoms. The largest absolute Gasteiger partial charge is 0.345 e. The zero-order valence-electron chi connectivity index (χ0n) is 15.5. The molecule has 0 rings (SSSR count). The second-order valence-electron chi connectivity index (χ2n) is 7.35. The summed E-state index contributed by atoms with van der Waals surface area (Å²) in [6.45, 7) is 10.6. The molecule has 8 nitrogen and oxygen atoms in total. The summed E-state index contributed by atoms with van der Waals surface area (Å²) in [6.07, 6.45) is 3.28. The smallest absolute Gasteiger partial charge is 0.269 e. The number of hydrogen-bond donors (Lipinski definition) is 0. The van der Waals surface area contributed by atoms with Crippen LogP contribution in [0.4, 0.5) is 0 Å². The Morgan fingerprint density at radius 3 is 1.25 bits per heavy atom. The normalized spacial score (nSPS) is 12.1. The number of unbranched alkanes of at least 4 members (excludes halogenated alkanes) is 3. The third-order valence-electron chi connectivity index (χ3n) is 2.33. The predicted molar refractivity (Wildman–Crippen MR) is 83.7 cm³/mol. The van der Waals surface area contributed by atoms with E-state index in [2.05, 4.69) is 19.9 Å². The van der Waals surface area contributed by atoms with Crippen molar-refractivity contribution in [1.29, 1.82) is 0 Å². The zero-order valence-corrected chi connectivity index (χ0v) is 15.5. The van der Waals surface area contributed by atoms with E-state index in [1.54, 1.807) is 41.5 Å². The van der Waals surface area contributed by atoms with Crippen molar-refractivity contribution in [1.82, 2.24) is 0 Å². The van der Waals surface area contributed by atoms with Gasteiger partial charge in [-0.3, -0.25) is 9.78 Å². The summed E-state index contributed by atoms with van der Waals surface area (Å²) in [7, 11) is 0. The van der Waals surface area contributed by atoms with Crippen LogP contribution >= 0.6 is 0 Å². The first-order valence-corrected chi connectivity index (χ1v) is 8.10. The van der Waals surface area contributed by atoms with Crippen LogP contribution < -0.4 is 0 Å². The number of hydrogen-bond acceptors (Lipinski definition) is 8. The summed E-state index contributed by atoms with van der Waals surface area (Å²) in [5, 5.41) is 8.79. The Morgan fingerprint density at radius 1 is 0.625 bits per heavy atom. The van der Waals surface area contributed by atoms with Crippen LogP contribution in [0.3, 0.4) is 0 Å². The number of carbonyl (C=O) groups is 2. The first-order chi connectivity index (χ1) is 11.0. The molecule has 0 aromatic heterocycles. The van der Waals surface area contributed by atoms with Crippen LogP contribution in [0.15, 0.2) is 0 Å². The highest BCUT2D eigenvalue weighted by Gasteiger charge is 2.15. The molecule has 0 bridgehead atoms. The van der Waals surface area contributed by atoms with E-state index in [1.165, 1.54) is 0 Å². The molecule has 0 saturated carbocycles. The molecule has 0 saturated heterocycles. The SMILES string of the molecule is CC(C)(C)OOOC(=O)CCCCCCC(=O)OOOC(C)(C)C. The molecule has 0 heterocycles. The van der Waals surface area contributed by atoms with Gasteiger partial charge in [0.1, 0.15) is 0 Å². The fourth-order valence-corrected chi connectivity index (χ4v) is 1.29. The second-order valence-corrected chi connectivity index (χ2v) is 7.35. The van der Waals surface area contributed by atoms with Gasteiger partial charge in [-0.25, -0.2) is 9.59 Å². The lowest BCUT2D eigenvalue weighted by Crippen LogP contribution is -2.20. The fourth-order valence-electron chi connectivity index (χ4n) is 1.29. The summed E-state index contributed by atoms with van der Waals surface area (Å²) in [5.74, 6) is -0.988. The molecule has 142 valence electrons. The maximum absolute atomic E-state index is 11.3. The molecule has 0 N–H and O–H groups in total. The van der Waals surface area contributed by atoms with Crippen LogP contribution in [0, 0.1) is 0 Å². The van der Waals surface area contributed by atoms with E-state index >= 15 is 0 Å². The summed E-state index contributed by atoms with van der Waals surface area (Å²) >= 11 is 0. The van der Waals surface area contributed by atoms with Gasteiger partial charge in [0, 0.05) is 12.8 Å². The van der Waals surface area contributed by atoms with Crippen LogP contribution in [-0.4, -0.2) is 23.1 Å². The first kappa shape index (κ1) is 22.8. The Kier molecular flexibility index (Phi) is 10.8. The summed E-state index contributed by atoms with van der Waals surface area (Å²) in [5.41, 5.74) is -1.09. The van der Waals surface area contributed by atoms with E-state index in [0.29, 0.717) is 12.8 Å². The van der Waals surface area contributed by atoms with Gasteiger partial charge in [-0.15, -0.1) is 0 Å². The Morgan fingerprint density at radius 2 is 0.958 bits per heavy atom. The van der Waals surface area contributed by atoms with Gasteiger partial charge in [-0.2, -0.15) is 9.78 Å². The minimum atomic E-state index is -0.545. The lowest BCUT2D eigenvalue weighted by molar-refractivity contribution is -0.514. The molecular weight excluding hydrogens is 320 g/mol. The van der Waals surface area contributed by atoms with E-state index in [9.17, 15) is 9.59 Å². The first-order valence-electron chi connectivity index (χ1n) is 8.10. The van der Waals surface area contributed by atoms with E-state index in [0.717, 1.165) is 12.8 Å². The number of carbonyl (C=O) groups excluding carboxylic acids is 2. The summed E-state index contributed by atoms with van der Waals surface area (Å²) < 4.78 is 0. The highest BCUT2D eigenvalue weighted by Crippen LogP contribution is 2.11. The monoisotopic (exact) mass is 350 g/mol. The zero-order chi connectivity index (χ0) is 18.6. The van der Waals surface area contributed by atoms with E-state index in [4.69, 9.17) is 9.78 Å². The highest BCUT2D eigenvalue weighted by molar-refractivity contribution is 5.68. The summed E-state index contributed by atoms with van der Waals surface area (Å²) in [6, 6.07) is 0. The van der Waals surface area contributed by atoms with Crippen molar-refractivity contribution >= 4 is 11.9 Å². The van der Waals surface area contributed by atoms with Crippen molar-refractivity contribution in [2.75, 3.05) is 0 Å². The quantitative estimate of drug-likeness (QED) is 0.316. The van der Waals surface area contributed by atoms with Gasteiger partial charge in [0.15, 0.2) is 0 Å². The number of rotatable bonds is 11. The predicted octanol–water partition coefficient (Wildman–Crippen LogP) is 3.74. The third kappa shape index (κ3) is 17.1. The van der Waals surface area contributed by atoms with Crippen molar-refractivity contribution in [2.45, 2.75) is 91.3 Å². The van der Waals surface area contributed by atoms with Gasteiger partial charge in [-0.1, -0.05) is 12.8 Å². The van der Waals surface area contributed by atoms with Crippen LogP contribution in [0.5, 0.6) is 0 Å². The van der Waals surface area contributed by atoms with Gasteiger partial charge in [0.2, 0.25) is 0 Å². The van der Waals surface area contributed by atoms with E-state index in [-0.39, 0.29) is 12.8 Å². The fraction of sp³-hybridized carbons (Fsp3) is 0.875. The van der Waals surface area contributed by atoms with Crippen LogP contribution in [0.25, 0.3) is 0 Å². The maximum Gasteiger partial charge on any atom is 0.345 e. The molecule has 0 atom stereocenters. The molecule has 0 aromatic carbocycles. The van der Waals surface area contributed by atoms with E-state index in [1.807, 2.05) is 0 Å². The van der Waals surface area contributed by atoms with Gasteiger partial charge in [0.05, 0.1) is 11.2 Å². The van der Waals surface area contributed by atoms with Gasteiger partial charge in [-0.05, 0) is 64.5 Å². The molecule has 0 aliphatic carbocycles. The molecule has 0 fully saturated rings. The van der Waals surface area contributed by atoms with E-state index < -0.39 is 23.1 Å². The standard InChI is InChI=1S/C16H30O8/c1-15(2,3)21-23-19-13(17)11-9-7-8-10-12-14(18)20-24-22-16(4,5)6/h7-12H2,1-6H3. The van der Waals surface area contributed by atoms with Crippen LogP contribution in [0.1, 0.15) is 80.1 Å². The minimum Gasteiger partial charge on any atom is -0.269 e. The van der Waals surface area contributed by atoms with Gasteiger partial charge in [0.25, 0.3) is 0 Å². The molecular formula is C16H30O8. The Balaban J connectivity index is 3.47. The van der Waals surface area contributed by atoms with Gasteiger partial charge < -0.3 is 0 Å². The van der Waals surface area contributed by atoms with Crippen LogP contribution in [0.2, 0.25) is 0 Å². The van der Waals surface area contributed by atoms with Crippen molar-refractivity contribution in [3.05, 3.63) is 0 Å². The van der Waals surface area contributed by atoms with Gasteiger partial charge >= 0.3 is 11.9 Å². The van der Waals surface area contributed by atoms with Crippen LogP contribution in [-0.2, 0) is 39.2 Å². The minimum absolute atomic E-state index is 0.223. The molecule has 0 amide bonds. The van der Waals surface area contributed by atoms with Crippen molar-refractivity contribution in [3.8, 4) is 0 Å².